The first-order chi connectivity index (χ1) is 14.1. The Morgan fingerprint density at radius 1 is 1.17 bits per heavy atom. The Kier molecular flexibility index (Phi) is 6.13. The maximum absolute atomic E-state index is 12.8. The minimum absolute atomic E-state index is 0.00897. The number of rotatable bonds is 7. The van der Waals surface area contributed by atoms with Gasteiger partial charge in [0.2, 0.25) is 5.78 Å². The number of Topliss-reactive ketones (excluding diaryl/α,β-unsaturated/α-hetero) is 1. The summed E-state index contributed by atoms with van der Waals surface area (Å²) in [6.07, 6.45) is 1.61. The Labute approximate surface area is 168 Å². The molecule has 1 heterocycles. The number of para-hydroxylation sites is 1. The summed E-state index contributed by atoms with van der Waals surface area (Å²) >= 11 is 0. The summed E-state index contributed by atoms with van der Waals surface area (Å²) in [5.41, 5.74) is 1.39. The van der Waals surface area contributed by atoms with E-state index in [1.807, 2.05) is 37.3 Å². The molecule has 1 aliphatic heterocycles. The monoisotopic (exact) mass is 389 g/mol. The molecule has 3 rings (SSSR count). The molecule has 0 fully saturated rings. The third kappa shape index (κ3) is 4.21. The molecule has 0 radical (unpaired) electrons. The lowest BCUT2D eigenvalue weighted by molar-refractivity contribution is 0.101. The molecule has 0 saturated carbocycles. The summed E-state index contributed by atoms with van der Waals surface area (Å²) < 4.78 is 11.4. The van der Waals surface area contributed by atoms with Gasteiger partial charge in [0.25, 0.3) is 0 Å². The molecular weight excluding hydrogens is 370 g/mol. The highest BCUT2D eigenvalue weighted by atomic mass is 16.5. The minimum Gasteiger partial charge on any atom is -0.507 e. The highest BCUT2D eigenvalue weighted by Gasteiger charge is 2.32. The van der Waals surface area contributed by atoms with Crippen molar-refractivity contribution in [3.8, 4) is 29.4 Å². The van der Waals surface area contributed by atoms with Crippen LogP contribution in [0, 0.1) is 22.7 Å². The van der Waals surface area contributed by atoms with E-state index < -0.39 is 0 Å². The number of phenols is 1. The molecule has 0 aromatic heterocycles. The number of fused-ring (bicyclic) bond motifs is 1. The molecule has 7 nitrogen and oxygen atoms in total. The zero-order valence-electron chi connectivity index (χ0n) is 15.9. The standard InChI is InChI=1S/C22H19N3O4/c1-2-28-19-6-4-3-5-15(19)13-20-21(27)16-7-8-18(26)17(22(16)29-20)14-25(11-9-23)12-10-24/h3-8,13,26H,2,11-12,14H2,1H3/b20-13+. The maximum Gasteiger partial charge on any atom is 0.231 e. The summed E-state index contributed by atoms with van der Waals surface area (Å²) in [4.78, 5) is 14.4. The van der Waals surface area contributed by atoms with Gasteiger partial charge in [0, 0.05) is 12.1 Å². The van der Waals surface area contributed by atoms with Gasteiger partial charge in [0.1, 0.15) is 17.2 Å². The normalized spacial score (nSPS) is 13.7. The number of ketones is 1. The Balaban J connectivity index is 1.97. The topological polar surface area (TPSA) is 107 Å². The van der Waals surface area contributed by atoms with Gasteiger partial charge in [0.15, 0.2) is 5.76 Å². The summed E-state index contributed by atoms with van der Waals surface area (Å²) in [6, 6.07) is 14.2. The molecule has 2 aromatic rings. The Morgan fingerprint density at radius 2 is 1.90 bits per heavy atom. The number of carbonyl (C=O) groups excluding carboxylic acids is 1. The molecule has 7 heteroatoms. The number of carbonyl (C=O) groups is 1. The van der Waals surface area contributed by atoms with Gasteiger partial charge in [-0.05, 0) is 31.2 Å². The molecule has 1 aliphatic rings. The number of hydrogen-bond acceptors (Lipinski definition) is 7. The van der Waals surface area contributed by atoms with Crippen molar-refractivity contribution in [3.05, 3.63) is 58.8 Å². The average Bonchev–Trinajstić information content (AvgIpc) is 3.02. The first-order valence-electron chi connectivity index (χ1n) is 9.06. The maximum atomic E-state index is 12.8. The Hall–Kier alpha value is -3.81. The molecule has 1 N–H and O–H groups in total. The number of nitriles is 2. The van der Waals surface area contributed by atoms with Crippen LogP contribution in [0.5, 0.6) is 17.2 Å². The van der Waals surface area contributed by atoms with Gasteiger partial charge in [-0.15, -0.1) is 0 Å². The van der Waals surface area contributed by atoms with Crippen LogP contribution in [-0.4, -0.2) is 35.5 Å². The lowest BCUT2D eigenvalue weighted by atomic mass is 10.0. The van der Waals surface area contributed by atoms with Gasteiger partial charge in [-0.3, -0.25) is 9.69 Å². The number of aromatic hydroxyl groups is 1. The molecule has 0 saturated heterocycles. The van der Waals surface area contributed by atoms with Crippen LogP contribution in [0.4, 0.5) is 0 Å². The second-order valence-corrected chi connectivity index (χ2v) is 6.31. The zero-order chi connectivity index (χ0) is 20.8. The summed E-state index contributed by atoms with van der Waals surface area (Å²) in [6.45, 7) is 2.48. The third-order valence-corrected chi connectivity index (χ3v) is 4.39. The van der Waals surface area contributed by atoms with E-state index in [4.69, 9.17) is 20.0 Å². The number of allylic oxidation sites excluding steroid dienone is 1. The van der Waals surface area contributed by atoms with E-state index in [9.17, 15) is 9.90 Å². The largest absolute Gasteiger partial charge is 0.507 e. The Morgan fingerprint density at radius 3 is 2.59 bits per heavy atom. The number of benzene rings is 2. The predicted octanol–water partition coefficient (Wildman–Crippen LogP) is 3.26. The summed E-state index contributed by atoms with van der Waals surface area (Å²) in [7, 11) is 0. The lowest BCUT2D eigenvalue weighted by Gasteiger charge is -2.17. The first-order valence-corrected chi connectivity index (χ1v) is 9.06. The quantitative estimate of drug-likeness (QED) is 0.572. The lowest BCUT2D eigenvalue weighted by Crippen LogP contribution is -2.24. The van der Waals surface area contributed by atoms with Crippen LogP contribution in [0.15, 0.2) is 42.2 Å². The fourth-order valence-electron chi connectivity index (χ4n) is 3.07. The SMILES string of the molecule is CCOc1ccccc1/C=C1/Oc2c(ccc(O)c2CN(CC#N)CC#N)C1=O. The van der Waals surface area contributed by atoms with Crippen molar-refractivity contribution in [2.75, 3.05) is 19.7 Å². The van der Waals surface area contributed by atoms with Gasteiger partial charge in [0.05, 0.1) is 43.0 Å². The van der Waals surface area contributed by atoms with E-state index in [0.29, 0.717) is 29.0 Å². The van der Waals surface area contributed by atoms with E-state index in [1.54, 1.807) is 17.0 Å². The highest BCUT2D eigenvalue weighted by Crippen LogP contribution is 2.40. The van der Waals surface area contributed by atoms with Crippen LogP contribution in [0.2, 0.25) is 0 Å². The minimum atomic E-state index is -0.306. The van der Waals surface area contributed by atoms with E-state index in [0.717, 1.165) is 0 Å². The van der Waals surface area contributed by atoms with Crippen LogP contribution in [0.3, 0.4) is 0 Å². The number of nitrogens with zero attached hydrogens (tertiary/aromatic N) is 3. The van der Waals surface area contributed by atoms with Crippen molar-refractivity contribution in [2.45, 2.75) is 13.5 Å². The molecule has 0 spiro atoms. The van der Waals surface area contributed by atoms with Crippen molar-refractivity contribution in [2.24, 2.45) is 0 Å². The van der Waals surface area contributed by atoms with Crippen LogP contribution in [-0.2, 0) is 6.54 Å². The van der Waals surface area contributed by atoms with Crippen molar-refractivity contribution in [1.29, 1.82) is 10.5 Å². The van der Waals surface area contributed by atoms with Crippen LogP contribution < -0.4 is 9.47 Å². The number of hydrogen-bond donors (Lipinski definition) is 1. The Bertz CT molecular complexity index is 1030. The van der Waals surface area contributed by atoms with Gasteiger partial charge >= 0.3 is 0 Å². The van der Waals surface area contributed by atoms with Crippen molar-refractivity contribution in [3.63, 3.8) is 0 Å². The highest BCUT2D eigenvalue weighted by molar-refractivity contribution is 6.15. The average molecular weight is 389 g/mol. The molecule has 0 unspecified atom stereocenters. The summed E-state index contributed by atoms with van der Waals surface area (Å²) in [5.74, 6) is 0.627. The fraction of sp³-hybridized carbons (Fsp3) is 0.227. The number of phenolic OH excluding ortho intramolecular Hbond substituents is 1. The van der Waals surface area contributed by atoms with E-state index in [2.05, 4.69) is 0 Å². The molecule has 146 valence electrons. The third-order valence-electron chi connectivity index (χ3n) is 4.39. The van der Waals surface area contributed by atoms with Gasteiger partial charge < -0.3 is 14.6 Å². The fourth-order valence-corrected chi connectivity index (χ4v) is 3.07. The van der Waals surface area contributed by atoms with Crippen molar-refractivity contribution < 1.29 is 19.4 Å². The van der Waals surface area contributed by atoms with Crippen LogP contribution in [0.25, 0.3) is 6.08 Å². The smallest absolute Gasteiger partial charge is 0.231 e. The molecular formula is C22H19N3O4. The molecule has 2 aromatic carbocycles. The van der Waals surface area contributed by atoms with Crippen molar-refractivity contribution >= 4 is 11.9 Å². The second-order valence-electron chi connectivity index (χ2n) is 6.31. The molecule has 0 aliphatic carbocycles. The summed E-state index contributed by atoms with van der Waals surface area (Å²) in [5, 5.41) is 28.2. The molecule has 0 bridgehead atoms. The van der Waals surface area contributed by atoms with E-state index >= 15 is 0 Å². The van der Waals surface area contributed by atoms with Gasteiger partial charge in [-0.2, -0.15) is 10.5 Å². The predicted molar refractivity (Wildman–Crippen MR) is 105 cm³/mol. The first kappa shape index (κ1) is 19.9. The van der Waals surface area contributed by atoms with Gasteiger partial charge in [-0.1, -0.05) is 18.2 Å². The van der Waals surface area contributed by atoms with Crippen LogP contribution in [0.1, 0.15) is 28.4 Å². The van der Waals surface area contributed by atoms with Crippen LogP contribution >= 0.6 is 0 Å². The van der Waals surface area contributed by atoms with E-state index in [-0.39, 0.29) is 42.7 Å². The zero-order valence-corrected chi connectivity index (χ0v) is 15.9. The molecule has 0 atom stereocenters. The van der Waals surface area contributed by atoms with Gasteiger partial charge in [-0.25, -0.2) is 0 Å². The van der Waals surface area contributed by atoms with Crippen molar-refractivity contribution in [1.82, 2.24) is 4.90 Å². The molecule has 29 heavy (non-hydrogen) atoms. The molecule has 0 amide bonds. The second kappa shape index (κ2) is 8.92. The van der Waals surface area contributed by atoms with E-state index in [1.165, 1.54) is 12.1 Å². The number of ether oxygens (including phenoxy) is 2.